The quantitative estimate of drug-likeness (QED) is 0.483. The highest BCUT2D eigenvalue weighted by molar-refractivity contribution is 7.90. The molecule has 0 aliphatic carbocycles. The molecule has 0 N–H and O–H groups in total. The fourth-order valence-electron chi connectivity index (χ4n) is 3.22. The summed E-state index contributed by atoms with van der Waals surface area (Å²) in [5, 5.41) is 0.542. The number of fused-ring (bicyclic) bond motifs is 1. The maximum Gasteiger partial charge on any atom is 0.260 e. The molecule has 0 saturated carbocycles. The van der Waals surface area contributed by atoms with Gasteiger partial charge in [0.15, 0.2) is 15.0 Å². The van der Waals surface area contributed by atoms with Crippen LogP contribution in [-0.2, 0) is 9.84 Å². The summed E-state index contributed by atoms with van der Waals surface area (Å²) in [4.78, 5) is 22.2. The largest absolute Gasteiger partial charge is 0.497 e. The number of methoxy groups -OCH3 is 1. The van der Waals surface area contributed by atoms with Crippen LogP contribution < -0.4 is 9.64 Å². The van der Waals surface area contributed by atoms with E-state index in [1.165, 1.54) is 17.6 Å². The molecule has 9 heteroatoms. The molecule has 0 spiro atoms. The van der Waals surface area contributed by atoms with E-state index < -0.39 is 9.84 Å². The summed E-state index contributed by atoms with van der Waals surface area (Å²) in [5.41, 5.74) is 1.17. The molecule has 0 atom stereocenters. The summed E-state index contributed by atoms with van der Waals surface area (Å²) in [6.07, 6.45) is 1.18. The van der Waals surface area contributed by atoms with Gasteiger partial charge in [0, 0.05) is 24.9 Å². The number of carbonyl (C=O) groups excluding carboxylic acids is 1. The normalized spacial score (nSPS) is 11.8. The zero-order chi connectivity index (χ0) is 22.6. The molecule has 2 aromatic carbocycles. The van der Waals surface area contributed by atoms with Gasteiger partial charge in [0.05, 0.1) is 22.2 Å². The molecule has 1 amide bonds. The molecule has 0 aliphatic rings. The van der Waals surface area contributed by atoms with Gasteiger partial charge in [-0.15, -0.1) is 0 Å². The topological polar surface area (TPSA) is 79.8 Å². The number of benzene rings is 2. The first-order chi connectivity index (χ1) is 14.8. The van der Waals surface area contributed by atoms with E-state index in [1.807, 2.05) is 0 Å². The van der Waals surface area contributed by atoms with Gasteiger partial charge in [0.1, 0.15) is 5.75 Å². The Morgan fingerprint density at radius 1 is 1.10 bits per heavy atom. The third-order valence-corrected chi connectivity index (χ3v) is 7.26. The summed E-state index contributed by atoms with van der Waals surface area (Å²) >= 11 is 1.32. The van der Waals surface area contributed by atoms with E-state index in [0.717, 1.165) is 17.8 Å². The van der Waals surface area contributed by atoms with Crippen molar-refractivity contribution in [2.24, 2.45) is 0 Å². The second kappa shape index (κ2) is 9.76. The van der Waals surface area contributed by atoms with Gasteiger partial charge in [0.2, 0.25) is 0 Å². The Labute approximate surface area is 187 Å². The van der Waals surface area contributed by atoms with Crippen molar-refractivity contribution >= 4 is 42.4 Å². The Hall–Kier alpha value is -2.49. The van der Waals surface area contributed by atoms with E-state index in [0.29, 0.717) is 35.1 Å². The molecule has 31 heavy (non-hydrogen) atoms. The van der Waals surface area contributed by atoms with Crippen LogP contribution in [0.1, 0.15) is 24.2 Å². The first-order valence-corrected chi connectivity index (χ1v) is 12.8. The lowest BCUT2D eigenvalue weighted by Crippen LogP contribution is -2.38. The second-order valence-electron chi connectivity index (χ2n) is 7.11. The minimum absolute atomic E-state index is 0.173. The van der Waals surface area contributed by atoms with Crippen molar-refractivity contribution in [1.82, 2.24) is 9.88 Å². The van der Waals surface area contributed by atoms with Gasteiger partial charge in [-0.2, -0.15) is 0 Å². The van der Waals surface area contributed by atoms with Gasteiger partial charge in [0.25, 0.3) is 5.91 Å². The lowest BCUT2D eigenvalue weighted by molar-refractivity contribution is 0.0983. The predicted molar refractivity (Wildman–Crippen MR) is 125 cm³/mol. The van der Waals surface area contributed by atoms with Crippen LogP contribution in [0.4, 0.5) is 5.13 Å². The van der Waals surface area contributed by atoms with Crippen LogP contribution in [0, 0.1) is 0 Å². The number of thiazole rings is 1. The van der Waals surface area contributed by atoms with Crippen molar-refractivity contribution in [2.75, 3.05) is 44.4 Å². The highest BCUT2D eigenvalue weighted by atomic mass is 32.2. The molecule has 3 rings (SSSR count). The Bertz CT molecular complexity index is 1170. The Morgan fingerprint density at radius 3 is 2.48 bits per heavy atom. The number of carbonyl (C=O) groups is 1. The van der Waals surface area contributed by atoms with Gasteiger partial charge in [-0.25, -0.2) is 13.4 Å². The zero-order valence-electron chi connectivity index (χ0n) is 18.2. The van der Waals surface area contributed by atoms with Gasteiger partial charge in [-0.3, -0.25) is 9.69 Å². The molecule has 0 aliphatic heterocycles. The number of anilines is 1. The number of hydrogen-bond acceptors (Lipinski definition) is 7. The van der Waals surface area contributed by atoms with E-state index in [1.54, 1.807) is 54.5 Å². The number of rotatable bonds is 9. The summed E-state index contributed by atoms with van der Waals surface area (Å²) in [6.45, 7) is 7.11. The highest BCUT2D eigenvalue weighted by Crippen LogP contribution is 2.31. The Kier molecular flexibility index (Phi) is 7.30. The minimum atomic E-state index is -3.32. The smallest absolute Gasteiger partial charge is 0.260 e. The monoisotopic (exact) mass is 461 g/mol. The van der Waals surface area contributed by atoms with Crippen LogP contribution in [-0.4, -0.2) is 63.8 Å². The molecule has 1 heterocycles. The van der Waals surface area contributed by atoms with Crippen molar-refractivity contribution in [2.45, 2.75) is 18.7 Å². The van der Waals surface area contributed by atoms with Gasteiger partial charge in [-0.1, -0.05) is 31.3 Å². The van der Waals surface area contributed by atoms with Crippen LogP contribution in [0.5, 0.6) is 5.75 Å². The molecular weight excluding hydrogens is 434 g/mol. The van der Waals surface area contributed by atoms with Gasteiger partial charge in [-0.05, 0) is 49.5 Å². The molecule has 166 valence electrons. The third kappa shape index (κ3) is 5.41. The fourth-order valence-corrected chi connectivity index (χ4v) is 4.97. The molecule has 7 nitrogen and oxygen atoms in total. The van der Waals surface area contributed by atoms with E-state index >= 15 is 0 Å². The zero-order valence-corrected chi connectivity index (χ0v) is 19.8. The molecule has 1 aromatic heterocycles. The standard InChI is InChI=1S/C22H27N3O4S2/c1-5-24(6-2)12-13-25(21(26)16-8-7-9-17(14-16)29-3)22-23-19-11-10-18(31(4,27)28)15-20(19)30-22/h7-11,14-15H,5-6,12-13H2,1-4H3. The van der Waals surface area contributed by atoms with Crippen molar-refractivity contribution in [3.63, 3.8) is 0 Å². The van der Waals surface area contributed by atoms with E-state index in [2.05, 4.69) is 23.7 Å². The molecule has 0 unspecified atom stereocenters. The fraction of sp³-hybridized carbons (Fsp3) is 0.364. The minimum Gasteiger partial charge on any atom is -0.497 e. The lowest BCUT2D eigenvalue weighted by atomic mass is 10.2. The number of amides is 1. The van der Waals surface area contributed by atoms with Crippen LogP contribution in [0.25, 0.3) is 10.2 Å². The van der Waals surface area contributed by atoms with Crippen molar-refractivity contribution < 1.29 is 17.9 Å². The third-order valence-electron chi connectivity index (χ3n) is 5.10. The number of nitrogens with zero attached hydrogens (tertiary/aromatic N) is 3. The summed E-state index contributed by atoms with van der Waals surface area (Å²) < 4.78 is 29.8. The molecule has 0 fully saturated rings. The van der Waals surface area contributed by atoms with Gasteiger partial charge >= 0.3 is 0 Å². The molecule has 0 radical (unpaired) electrons. The Morgan fingerprint density at radius 2 is 1.84 bits per heavy atom. The maximum atomic E-state index is 13.4. The van der Waals surface area contributed by atoms with E-state index in [-0.39, 0.29) is 10.8 Å². The number of aromatic nitrogens is 1. The van der Waals surface area contributed by atoms with Crippen LogP contribution in [0.2, 0.25) is 0 Å². The first-order valence-electron chi connectivity index (χ1n) is 10.1. The average Bonchev–Trinajstić information content (AvgIpc) is 3.19. The summed E-state index contributed by atoms with van der Waals surface area (Å²) in [6, 6.07) is 11.9. The molecule has 0 saturated heterocycles. The number of likely N-dealkylation sites (N-methyl/N-ethyl adjacent to an activating group) is 1. The highest BCUT2D eigenvalue weighted by Gasteiger charge is 2.23. The molecule has 3 aromatic rings. The van der Waals surface area contributed by atoms with E-state index in [9.17, 15) is 13.2 Å². The summed E-state index contributed by atoms with van der Waals surface area (Å²) in [5.74, 6) is 0.435. The van der Waals surface area contributed by atoms with Crippen molar-refractivity contribution in [3.05, 3.63) is 48.0 Å². The Balaban J connectivity index is 2.01. The maximum absolute atomic E-state index is 13.4. The van der Waals surface area contributed by atoms with Gasteiger partial charge < -0.3 is 9.64 Å². The number of hydrogen-bond donors (Lipinski definition) is 0. The molecule has 0 bridgehead atoms. The van der Waals surface area contributed by atoms with Crippen molar-refractivity contribution in [3.8, 4) is 5.75 Å². The van der Waals surface area contributed by atoms with Crippen LogP contribution in [0.15, 0.2) is 47.4 Å². The van der Waals surface area contributed by atoms with Crippen molar-refractivity contribution in [1.29, 1.82) is 0 Å². The summed E-state index contributed by atoms with van der Waals surface area (Å²) in [7, 11) is -1.76. The number of sulfone groups is 1. The first kappa shape index (κ1) is 23.2. The van der Waals surface area contributed by atoms with E-state index in [4.69, 9.17) is 4.74 Å². The van der Waals surface area contributed by atoms with Crippen LogP contribution in [0.3, 0.4) is 0 Å². The average molecular weight is 462 g/mol. The SMILES string of the molecule is CCN(CC)CCN(C(=O)c1cccc(OC)c1)c1nc2ccc(S(C)(=O)=O)cc2s1. The lowest BCUT2D eigenvalue weighted by Gasteiger charge is -2.24. The predicted octanol–water partition coefficient (Wildman–Crippen LogP) is 3.70. The van der Waals surface area contributed by atoms with Crippen LogP contribution >= 0.6 is 11.3 Å². The second-order valence-corrected chi connectivity index (χ2v) is 10.1. The number of ether oxygens (including phenoxy) is 1. The molecular formula is C22H27N3O4S2.